The third-order valence-electron chi connectivity index (χ3n) is 2.37. The summed E-state index contributed by atoms with van der Waals surface area (Å²) in [5.74, 6) is 0. The molecule has 0 spiro atoms. The highest BCUT2D eigenvalue weighted by atomic mass is 16.2. The molecule has 1 aromatic carbocycles. The third kappa shape index (κ3) is 1.76. The van der Waals surface area contributed by atoms with E-state index in [0.29, 0.717) is 0 Å². The fourth-order valence-electron chi connectivity index (χ4n) is 1.60. The van der Waals surface area contributed by atoms with Crippen molar-refractivity contribution in [2.45, 2.75) is 6.92 Å². The largest absolute Gasteiger partial charge is 0.351 e. The fourth-order valence-corrected chi connectivity index (χ4v) is 1.60. The van der Waals surface area contributed by atoms with Crippen molar-refractivity contribution in [3.8, 4) is 11.1 Å². The van der Waals surface area contributed by atoms with Gasteiger partial charge in [-0.3, -0.25) is 4.57 Å². The van der Waals surface area contributed by atoms with E-state index in [1.165, 1.54) is 4.57 Å². The standard InChI is InChI=1S/C12H12N2O/c1-9-7-14(12(13)15)8-11(9)10-5-3-2-4-6-10/h2-8H,1H3,(H2,13,15). The normalized spacial score (nSPS) is 10.2. The Balaban J connectivity index is 2.50. The predicted molar refractivity (Wildman–Crippen MR) is 59.6 cm³/mol. The second-order valence-electron chi connectivity index (χ2n) is 3.47. The first-order chi connectivity index (χ1) is 7.18. The molecule has 0 atom stereocenters. The summed E-state index contributed by atoms with van der Waals surface area (Å²) in [6.45, 7) is 1.96. The molecule has 15 heavy (non-hydrogen) atoms. The minimum Gasteiger partial charge on any atom is -0.351 e. The van der Waals surface area contributed by atoms with Gasteiger partial charge in [-0.25, -0.2) is 4.79 Å². The van der Waals surface area contributed by atoms with Crippen LogP contribution in [-0.4, -0.2) is 10.6 Å². The van der Waals surface area contributed by atoms with E-state index in [2.05, 4.69) is 0 Å². The summed E-state index contributed by atoms with van der Waals surface area (Å²) in [5.41, 5.74) is 8.37. The Morgan fingerprint density at radius 3 is 2.40 bits per heavy atom. The molecule has 0 bridgehead atoms. The Morgan fingerprint density at radius 1 is 1.20 bits per heavy atom. The van der Waals surface area contributed by atoms with E-state index in [9.17, 15) is 4.79 Å². The Morgan fingerprint density at radius 2 is 1.87 bits per heavy atom. The van der Waals surface area contributed by atoms with E-state index in [1.54, 1.807) is 12.4 Å². The van der Waals surface area contributed by atoms with Gasteiger partial charge in [0.05, 0.1) is 0 Å². The summed E-state index contributed by atoms with van der Waals surface area (Å²) < 4.78 is 1.40. The van der Waals surface area contributed by atoms with E-state index in [0.717, 1.165) is 16.7 Å². The molecular weight excluding hydrogens is 188 g/mol. The molecule has 0 saturated carbocycles. The maximum atomic E-state index is 11.0. The van der Waals surface area contributed by atoms with Gasteiger partial charge in [0, 0.05) is 18.0 Å². The van der Waals surface area contributed by atoms with Crippen LogP contribution >= 0.6 is 0 Å². The van der Waals surface area contributed by atoms with Crippen molar-refractivity contribution in [1.29, 1.82) is 0 Å². The molecule has 2 N–H and O–H groups in total. The lowest BCUT2D eigenvalue weighted by Crippen LogP contribution is -2.17. The molecular formula is C12H12N2O. The molecule has 0 saturated heterocycles. The summed E-state index contributed by atoms with van der Waals surface area (Å²) in [6.07, 6.45) is 3.50. The highest BCUT2D eigenvalue weighted by molar-refractivity contribution is 5.78. The minimum atomic E-state index is -0.458. The van der Waals surface area contributed by atoms with Crippen molar-refractivity contribution in [1.82, 2.24) is 4.57 Å². The van der Waals surface area contributed by atoms with Crippen molar-refractivity contribution in [2.24, 2.45) is 5.73 Å². The average Bonchev–Trinajstić information content (AvgIpc) is 2.62. The van der Waals surface area contributed by atoms with Crippen LogP contribution in [0.15, 0.2) is 42.7 Å². The van der Waals surface area contributed by atoms with Crippen LogP contribution in [0.3, 0.4) is 0 Å². The lowest BCUT2D eigenvalue weighted by molar-refractivity contribution is 0.250. The zero-order valence-corrected chi connectivity index (χ0v) is 8.47. The van der Waals surface area contributed by atoms with E-state index >= 15 is 0 Å². The van der Waals surface area contributed by atoms with Gasteiger partial charge >= 0.3 is 6.03 Å². The van der Waals surface area contributed by atoms with Gasteiger partial charge in [-0.2, -0.15) is 0 Å². The molecule has 0 aliphatic carbocycles. The summed E-state index contributed by atoms with van der Waals surface area (Å²) in [5, 5.41) is 0. The van der Waals surface area contributed by atoms with Gasteiger partial charge < -0.3 is 5.73 Å². The molecule has 0 unspecified atom stereocenters. The summed E-state index contributed by atoms with van der Waals surface area (Å²) in [4.78, 5) is 11.0. The average molecular weight is 200 g/mol. The number of nitrogens with zero attached hydrogens (tertiary/aromatic N) is 1. The van der Waals surface area contributed by atoms with Crippen molar-refractivity contribution < 1.29 is 4.79 Å². The van der Waals surface area contributed by atoms with E-state index in [1.807, 2.05) is 37.3 Å². The molecule has 0 radical (unpaired) electrons. The van der Waals surface area contributed by atoms with Gasteiger partial charge in [0.1, 0.15) is 0 Å². The molecule has 0 aliphatic rings. The van der Waals surface area contributed by atoms with Crippen LogP contribution in [0.4, 0.5) is 4.79 Å². The third-order valence-corrected chi connectivity index (χ3v) is 2.37. The van der Waals surface area contributed by atoms with E-state index < -0.39 is 6.03 Å². The van der Waals surface area contributed by atoms with Gasteiger partial charge in [0.15, 0.2) is 0 Å². The Kier molecular flexibility index (Phi) is 2.29. The number of hydrogen-bond donors (Lipinski definition) is 1. The lowest BCUT2D eigenvalue weighted by Gasteiger charge is -1.98. The first-order valence-corrected chi connectivity index (χ1v) is 4.72. The van der Waals surface area contributed by atoms with E-state index in [-0.39, 0.29) is 0 Å². The molecule has 1 amide bonds. The number of primary amides is 1. The first kappa shape index (κ1) is 9.52. The van der Waals surface area contributed by atoms with Gasteiger partial charge in [0.25, 0.3) is 0 Å². The number of aromatic nitrogens is 1. The summed E-state index contributed by atoms with van der Waals surface area (Å²) in [6, 6.07) is 9.46. The van der Waals surface area contributed by atoms with Gasteiger partial charge in [-0.15, -0.1) is 0 Å². The summed E-state index contributed by atoms with van der Waals surface area (Å²) in [7, 11) is 0. The number of hydrogen-bond acceptors (Lipinski definition) is 1. The van der Waals surface area contributed by atoms with Crippen molar-refractivity contribution in [3.63, 3.8) is 0 Å². The monoisotopic (exact) mass is 200 g/mol. The number of nitrogens with two attached hydrogens (primary N) is 1. The molecule has 2 aromatic rings. The SMILES string of the molecule is Cc1cn(C(N)=O)cc1-c1ccccc1. The molecule has 3 nitrogen and oxygen atoms in total. The number of amides is 1. The minimum absolute atomic E-state index is 0.458. The predicted octanol–water partition coefficient (Wildman–Crippen LogP) is 2.39. The first-order valence-electron chi connectivity index (χ1n) is 4.72. The number of rotatable bonds is 1. The van der Waals surface area contributed by atoms with Crippen LogP contribution in [0.2, 0.25) is 0 Å². The second kappa shape index (κ2) is 3.61. The molecule has 2 rings (SSSR count). The molecule has 76 valence electrons. The van der Waals surface area contributed by atoms with Crippen LogP contribution in [0.5, 0.6) is 0 Å². The highest BCUT2D eigenvalue weighted by Crippen LogP contribution is 2.23. The molecule has 1 heterocycles. The quantitative estimate of drug-likeness (QED) is 0.754. The van der Waals surface area contributed by atoms with Gasteiger partial charge in [-0.1, -0.05) is 30.3 Å². The van der Waals surface area contributed by atoms with Crippen LogP contribution in [0.1, 0.15) is 5.56 Å². The Bertz CT molecular complexity index is 486. The van der Waals surface area contributed by atoms with Crippen LogP contribution in [-0.2, 0) is 0 Å². The smallest absolute Gasteiger partial charge is 0.322 e. The second-order valence-corrected chi connectivity index (χ2v) is 3.47. The van der Waals surface area contributed by atoms with Crippen molar-refractivity contribution in [3.05, 3.63) is 48.3 Å². The van der Waals surface area contributed by atoms with Crippen LogP contribution in [0, 0.1) is 6.92 Å². The number of carbonyl (C=O) groups is 1. The van der Waals surface area contributed by atoms with Crippen LogP contribution < -0.4 is 5.73 Å². The summed E-state index contributed by atoms with van der Waals surface area (Å²) >= 11 is 0. The molecule has 0 aliphatic heterocycles. The Hall–Kier alpha value is -2.03. The van der Waals surface area contributed by atoms with Gasteiger partial charge in [0.2, 0.25) is 0 Å². The van der Waals surface area contributed by atoms with Crippen molar-refractivity contribution >= 4 is 6.03 Å². The zero-order chi connectivity index (χ0) is 10.8. The van der Waals surface area contributed by atoms with Crippen molar-refractivity contribution in [2.75, 3.05) is 0 Å². The number of aryl methyl sites for hydroxylation is 1. The van der Waals surface area contributed by atoms with E-state index in [4.69, 9.17) is 5.73 Å². The molecule has 1 aromatic heterocycles. The fraction of sp³-hybridized carbons (Fsp3) is 0.0833. The maximum Gasteiger partial charge on any atom is 0.322 e. The Labute approximate surface area is 88.1 Å². The maximum absolute atomic E-state index is 11.0. The number of carbonyl (C=O) groups excluding carboxylic acids is 1. The number of benzene rings is 1. The van der Waals surface area contributed by atoms with Gasteiger partial charge in [-0.05, 0) is 18.1 Å². The zero-order valence-electron chi connectivity index (χ0n) is 8.47. The lowest BCUT2D eigenvalue weighted by atomic mass is 10.1. The highest BCUT2D eigenvalue weighted by Gasteiger charge is 2.07. The topological polar surface area (TPSA) is 48.0 Å². The molecule has 0 fully saturated rings. The van der Waals surface area contributed by atoms with Crippen LogP contribution in [0.25, 0.3) is 11.1 Å². The molecule has 3 heteroatoms.